The SMILES string of the molecule is CCc1nc(C(N)=O)c(Nc2ccc3c(c2)OCC(=O)N3CCN2CCOCC2)nc1Cl. The van der Waals surface area contributed by atoms with Crippen molar-refractivity contribution in [3.8, 4) is 5.75 Å². The number of nitrogens with zero attached hydrogens (tertiary/aromatic N) is 4. The van der Waals surface area contributed by atoms with Crippen LogP contribution in [0.1, 0.15) is 23.1 Å². The van der Waals surface area contributed by atoms with Crippen LogP contribution in [0.2, 0.25) is 5.15 Å². The predicted molar refractivity (Wildman–Crippen MR) is 120 cm³/mol. The summed E-state index contributed by atoms with van der Waals surface area (Å²) in [6, 6.07) is 5.32. The number of halogens is 1. The highest BCUT2D eigenvalue weighted by Gasteiger charge is 2.27. The number of fused-ring (bicyclic) bond motifs is 1. The number of nitrogens with one attached hydrogen (secondary N) is 1. The van der Waals surface area contributed by atoms with Crippen LogP contribution in [0.3, 0.4) is 0 Å². The van der Waals surface area contributed by atoms with Crippen LogP contribution in [0.4, 0.5) is 17.2 Å². The molecule has 3 N–H and O–H groups in total. The Bertz CT molecular complexity index is 1030. The molecule has 0 unspecified atom stereocenters. The Morgan fingerprint density at radius 2 is 2.03 bits per heavy atom. The van der Waals surface area contributed by atoms with Crippen molar-refractivity contribution in [2.75, 3.05) is 56.2 Å². The third kappa shape index (κ3) is 4.77. The molecule has 1 aromatic heterocycles. The van der Waals surface area contributed by atoms with E-state index in [0.717, 1.165) is 19.6 Å². The Labute approximate surface area is 190 Å². The summed E-state index contributed by atoms with van der Waals surface area (Å²) in [7, 11) is 0. The Balaban J connectivity index is 1.54. The van der Waals surface area contributed by atoms with Crippen molar-refractivity contribution < 1.29 is 19.1 Å². The first-order valence-corrected chi connectivity index (χ1v) is 10.8. The lowest BCUT2D eigenvalue weighted by molar-refractivity contribution is -0.121. The van der Waals surface area contributed by atoms with Crippen molar-refractivity contribution in [1.82, 2.24) is 14.9 Å². The molecule has 0 spiro atoms. The van der Waals surface area contributed by atoms with E-state index in [-0.39, 0.29) is 29.2 Å². The fourth-order valence-electron chi connectivity index (χ4n) is 3.66. The second kappa shape index (κ2) is 9.68. The second-order valence-electron chi connectivity index (χ2n) is 7.47. The maximum Gasteiger partial charge on any atom is 0.271 e. The second-order valence-corrected chi connectivity index (χ2v) is 7.83. The number of hydrogen-bond donors (Lipinski definition) is 2. The van der Waals surface area contributed by atoms with Gasteiger partial charge in [0.15, 0.2) is 23.3 Å². The fraction of sp³-hybridized carbons (Fsp3) is 0.429. The number of carbonyl (C=O) groups is 2. The molecule has 2 amide bonds. The molecular formula is C21H25ClN6O4. The number of benzene rings is 1. The van der Waals surface area contributed by atoms with Crippen LogP contribution in [-0.2, 0) is 16.0 Å². The molecule has 1 aromatic carbocycles. The van der Waals surface area contributed by atoms with Crippen LogP contribution < -0.4 is 20.7 Å². The molecule has 1 fully saturated rings. The zero-order chi connectivity index (χ0) is 22.7. The summed E-state index contributed by atoms with van der Waals surface area (Å²) >= 11 is 6.18. The van der Waals surface area contributed by atoms with Crippen LogP contribution >= 0.6 is 11.6 Å². The zero-order valence-electron chi connectivity index (χ0n) is 17.8. The molecular weight excluding hydrogens is 436 g/mol. The van der Waals surface area contributed by atoms with Gasteiger partial charge in [0.05, 0.1) is 24.6 Å². The molecule has 11 heteroatoms. The standard InChI is InChI=1S/C21H25ClN6O4/c1-2-14-19(22)26-21(18(25-14)20(23)30)24-13-3-4-15-16(11-13)32-12-17(29)28(15)6-5-27-7-9-31-10-8-27/h3-4,11H,2,5-10,12H2,1H3,(H2,23,30)(H,24,26). The number of anilines is 3. The number of primary amides is 1. The third-order valence-corrected chi connectivity index (χ3v) is 5.70. The Hall–Kier alpha value is -2.95. The monoisotopic (exact) mass is 460 g/mol. The fourth-order valence-corrected chi connectivity index (χ4v) is 3.92. The van der Waals surface area contributed by atoms with Gasteiger partial charge in [0, 0.05) is 37.9 Å². The van der Waals surface area contributed by atoms with Crippen molar-refractivity contribution in [3.63, 3.8) is 0 Å². The average molecular weight is 461 g/mol. The molecule has 4 rings (SSSR count). The summed E-state index contributed by atoms with van der Waals surface area (Å²) in [6.07, 6.45) is 0.521. The summed E-state index contributed by atoms with van der Waals surface area (Å²) in [5.74, 6) is -0.0760. The van der Waals surface area contributed by atoms with Gasteiger partial charge in [0.1, 0.15) is 5.75 Å². The first-order valence-electron chi connectivity index (χ1n) is 10.5. The third-order valence-electron chi connectivity index (χ3n) is 5.40. The number of aromatic nitrogens is 2. The molecule has 170 valence electrons. The smallest absolute Gasteiger partial charge is 0.271 e. The number of hydrogen-bond acceptors (Lipinski definition) is 8. The largest absolute Gasteiger partial charge is 0.481 e. The molecule has 2 aliphatic rings. The maximum atomic E-state index is 12.5. The van der Waals surface area contributed by atoms with Crippen molar-refractivity contribution in [3.05, 3.63) is 34.7 Å². The predicted octanol–water partition coefficient (Wildman–Crippen LogP) is 1.59. The minimum absolute atomic E-state index is 0.00667. The van der Waals surface area contributed by atoms with Gasteiger partial charge in [-0.25, -0.2) is 9.97 Å². The molecule has 2 aliphatic heterocycles. The van der Waals surface area contributed by atoms with Crippen LogP contribution in [0.15, 0.2) is 18.2 Å². The summed E-state index contributed by atoms with van der Waals surface area (Å²) in [5.41, 5.74) is 7.27. The Morgan fingerprint density at radius 1 is 1.25 bits per heavy atom. The lowest BCUT2D eigenvalue weighted by atomic mass is 10.2. The van der Waals surface area contributed by atoms with Crippen LogP contribution in [0, 0.1) is 0 Å². The quantitative estimate of drug-likeness (QED) is 0.638. The first-order chi connectivity index (χ1) is 15.5. The van der Waals surface area contributed by atoms with Gasteiger partial charge in [-0.15, -0.1) is 0 Å². The highest BCUT2D eigenvalue weighted by atomic mass is 35.5. The minimum atomic E-state index is -0.708. The summed E-state index contributed by atoms with van der Waals surface area (Å²) < 4.78 is 11.0. The lowest BCUT2D eigenvalue weighted by Gasteiger charge is -2.33. The van der Waals surface area contributed by atoms with E-state index in [1.54, 1.807) is 23.1 Å². The number of carbonyl (C=O) groups excluding carboxylic acids is 2. The number of amides is 2. The summed E-state index contributed by atoms with van der Waals surface area (Å²) in [6.45, 7) is 6.28. The van der Waals surface area contributed by atoms with Crippen molar-refractivity contribution in [1.29, 1.82) is 0 Å². The van der Waals surface area contributed by atoms with E-state index in [9.17, 15) is 9.59 Å². The highest BCUT2D eigenvalue weighted by Crippen LogP contribution is 2.35. The number of rotatable bonds is 7. The van der Waals surface area contributed by atoms with E-state index < -0.39 is 5.91 Å². The van der Waals surface area contributed by atoms with E-state index in [0.29, 0.717) is 49.0 Å². The molecule has 0 saturated carbocycles. The van der Waals surface area contributed by atoms with Crippen LogP contribution in [0.5, 0.6) is 5.75 Å². The normalized spacial score (nSPS) is 16.4. The number of morpholine rings is 1. The lowest BCUT2D eigenvalue weighted by Crippen LogP contribution is -2.45. The molecule has 3 heterocycles. The van der Waals surface area contributed by atoms with Crippen molar-refractivity contribution in [2.45, 2.75) is 13.3 Å². The molecule has 0 radical (unpaired) electrons. The van der Waals surface area contributed by atoms with E-state index in [1.165, 1.54) is 0 Å². The molecule has 32 heavy (non-hydrogen) atoms. The molecule has 1 saturated heterocycles. The van der Waals surface area contributed by atoms with Gasteiger partial charge >= 0.3 is 0 Å². The number of aryl methyl sites for hydroxylation is 1. The van der Waals surface area contributed by atoms with Gasteiger partial charge in [-0.1, -0.05) is 18.5 Å². The molecule has 0 atom stereocenters. The molecule has 0 bridgehead atoms. The highest BCUT2D eigenvalue weighted by molar-refractivity contribution is 6.30. The minimum Gasteiger partial charge on any atom is -0.481 e. The molecule has 0 aliphatic carbocycles. The summed E-state index contributed by atoms with van der Waals surface area (Å²) in [5, 5.41) is 3.24. The number of nitrogens with two attached hydrogens (primary N) is 1. The van der Waals surface area contributed by atoms with Crippen molar-refractivity contribution >= 4 is 40.6 Å². The summed E-state index contributed by atoms with van der Waals surface area (Å²) in [4.78, 5) is 36.8. The Kier molecular flexibility index (Phi) is 6.73. The molecule has 10 nitrogen and oxygen atoms in total. The van der Waals surface area contributed by atoms with Gasteiger partial charge < -0.3 is 25.4 Å². The first kappa shape index (κ1) is 22.3. The maximum absolute atomic E-state index is 12.5. The number of ether oxygens (including phenoxy) is 2. The zero-order valence-corrected chi connectivity index (χ0v) is 18.5. The van der Waals surface area contributed by atoms with Gasteiger partial charge in [-0.2, -0.15) is 0 Å². The van der Waals surface area contributed by atoms with Gasteiger partial charge in [-0.05, 0) is 18.6 Å². The van der Waals surface area contributed by atoms with Gasteiger partial charge in [0.2, 0.25) is 0 Å². The topological polar surface area (TPSA) is 123 Å². The molecule has 2 aromatic rings. The van der Waals surface area contributed by atoms with E-state index >= 15 is 0 Å². The van der Waals surface area contributed by atoms with Crippen LogP contribution in [-0.4, -0.2) is 72.7 Å². The van der Waals surface area contributed by atoms with Gasteiger partial charge in [-0.3, -0.25) is 14.5 Å². The van der Waals surface area contributed by atoms with E-state index in [4.69, 9.17) is 26.8 Å². The van der Waals surface area contributed by atoms with Gasteiger partial charge in [0.25, 0.3) is 11.8 Å². The van der Waals surface area contributed by atoms with E-state index in [2.05, 4.69) is 20.2 Å². The average Bonchev–Trinajstić information content (AvgIpc) is 2.79. The Morgan fingerprint density at radius 3 is 2.75 bits per heavy atom. The van der Waals surface area contributed by atoms with Crippen LogP contribution in [0.25, 0.3) is 0 Å². The van der Waals surface area contributed by atoms with E-state index in [1.807, 2.05) is 6.92 Å². The van der Waals surface area contributed by atoms with Crippen molar-refractivity contribution in [2.24, 2.45) is 5.73 Å².